The molecule has 1 aromatic carbocycles. The number of carbonyl (C=O) groups excluding carboxylic acids is 1. The van der Waals surface area contributed by atoms with E-state index in [1.54, 1.807) is 10.6 Å². The zero-order chi connectivity index (χ0) is 14.1. The number of hydrogen-bond donors (Lipinski definition) is 1. The molecule has 1 aliphatic carbocycles. The first-order chi connectivity index (χ1) is 9.51. The largest absolute Gasteiger partial charge is 0.364 e. The van der Waals surface area contributed by atoms with Gasteiger partial charge in [-0.15, -0.1) is 0 Å². The third kappa shape index (κ3) is 1.39. The van der Waals surface area contributed by atoms with E-state index in [1.807, 2.05) is 0 Å². The third-order valence-corrected chi connectivity index (χ3v) is 4.16. The lowest BCUT2D eigenvalue weighted by molar-refractivity contribution is 0.101. The Labute approximate surface area is 113 Å². The van der Waals surface area contributed by atoms with Crippen LogP contribution in [0.15, 0.2) is 16.9 Å². The first-order valence-corrected chi connectivity index (χ1v) is 6.53. The van der Waals surface area contributed by atoms with Crippen LogP contribution in [-0.4, -0.2) is 20.9 Å². The number of halogens is 1. The Kier molecular flexibility index (Phi) is 1.99. The van der Waals surface area contributed by atoms with Gasteiger partial charge in [-0.1, -0.05) is 0 Å². The van der Waals surface area contributed by atoms with Crippen molar-refractivity contribution >= 4 is 22.5 Å². The van der Waals surface area contributed by atoms with E-state index in [0.717, 1.165) is 12.8 Å². The molecule has 0 saturated heterocycles. The van der Waals surface area contributed by atoms with Crippen molar-refractivity contribution in [1.82, 2.24) is 9.55 Å². The van der Waals surface area contributed by atoms with Crippen molar-refractivity contribution in [3.63, 3.8) is 0 Å². The molecule has 102 valence electrons. The molecule has 2 aromatic rings. The van der Waals surface area contributed by atoms with Gasteiger partial charge in [0.2, 0.25) is 0 Å². The fraction of sp³-hybridized carbons (Fsp3) is 0.357. The molecule has 20 heavy (non-hydrogen) atoms. The van der Waals surface area contributed by atoms with Gasteiger partial charge < -0.3 is 5.32 Å². The van der Waals surface area contributed by atoms with Crippen LogP contribution in [0.25, 0.3) is 10.9 Å². The standard InChI is InChI=1S/C14H12FN3O2/c1-7(19)8-2-3-9-11(10(8)15)16-13(20)18-6-14(4-5-14)17-12(9)18/h2-3,17H,4-6H2,1H3. The number of ketones is 1. The summed E-state index contributed by atoms with van der Waals surface area (Å²) in [7, 11) is 0. The molecule has 1 spiro atoms. The van der Waals surface area contributed by atoms with Gasteiger partial charge in [0.1, 0.15) is 11.3 Å². The van der Waals surface area contributed by atoms with Gasteiger partial charge in [0.15, 0.2) is 11.6 Å². The maximum atomic E-state index is 14.3. The zero-order valence-electron chi connectivity index (χ0n) is 10.9. The molecule has 6 heteroatoms. The summed E-state index contributed by atoms with van der Waals surface area (Å²) in [5.74, 6) is -0.473. The van der Waals surface area contributed by atoms with Crippen molar-refractivity contribution < 1.29 is 9.18 Å². The van der Waals surface area contributed by atoms with Crippen molar-refractivity contribution in [1.29, 1.82) is 0 Å². The number of anilines is 1. The predicted octanol–water partition coefficient (Wildman–Crippen LogP) is 1.70. The maximum absolute atomic E-state index is 14.3. The average Bonchev–Trinajstić information content (AvgIpc) is 3.01. The van der Waals surface area contributed by atoms with Gasteiger partial charge >= 0.3 is 5.69 Å². The highest BCUT2D eigenvalue weighted by molar-refractivity contribution is 6.00. The summed E-state index contributed by atoms with van der Waals surface area (Å²) < 4.78 is 15.9. The Morgan fingerprint density at radius 2 is 2.20 bits per heavy atom. The lowest BCUT2D eigenvalue weighted by Crippen LogP contribution is -2.23. The second kappa shape index (κ2) is 3.45. The first-order valence-electron chi connectivity index (χ1n) is 6.53. The van der Waals surface area contributed by atoms with Crippen LogP contribution in [0.3, 0.4) is 0 Å². The minimum atomic E-state index is -0.714. The molecule has 2 aliphatic rings. The summed E-state index contributed by atoms with van der Waals surface area (Å²) >= 11 is 0. The molecule has 1 fully saturated rings. The number of nitrogens with one attached hydrogen (secondary N) is 1. The number of carbonyl (C=O) groups is 1. The van der Waals surface area contributed by atoms with Crippen LogP contribution in [0.1, 0.15) is 30.1 Å². The smallest absolute Gasteiger partial charge is 0.349 e. The highest BCUT2D eigenvalue weighted by atomic mass is 19.1. The number of benzene rings is 1. The fourth-order valence-corrected chi connectivity index (χ4v) is 2.84. The first kappa shape index (κ1) is 11.6. The summed E-state index contributed by atoms with van der Waals surface area (Å²) in [5, 5.41) is 3.87. The van der Waals surface area contributed by atoms with E-state index in [2.05, 4.69) is 10.3 Å². The van der Waals surface area contributed by atoms with E-state index in [9.17, 15) is 14.0 Å². The molecule has 0 unspecified atom stereocenters. The van der Waals surface area contributed by atoms with Crippen molar-refractivity contribution in [2.45, 2.75) is 31.8 Å². The van der Waals surface area contributed by atoms with E-state index in [0.29, 0.717) is 17.7 Å². The van der Waals surface area contributed by atoms with Crippen molar-refractivity contribution in [3.8, 4) is 0 Å². The van der Waals surface area contributed by atoms with Gasteiger partial charge in [0, 0.05) is 5.39 Å². The van der Waals surface area contributed by atoms with Gasteiger partial charge in [-0.2, -0.15) is 4.98 Å². The summed E-state index contributed by atoms with van der Waals surface area (Å²) in [5.41, 5.74) is -0.575. The molecule has 0 bridgehead atoms. The molecule has 4 rings (SSSR count). The number of Topliss-reactive ketones (excluding diaryl/α,β-unsaturated/α-hetero) is 1. The van der Waals surface area contributed by atoms with Crippen LogP contribution >= 0.6 is 0 Å². The molecule has 1 N–H and O–H groups in total. The van der Waals surface area contributed by atoms with Crippen LogP contribution in [0.5, 0.6) is 0 Å². The normalized spacial score (nSPS) is 18.1. The van der Waals surface area contributed by atoms with Crippen LogP contribution < -0.4 is 11.0 Å². The summed E-state index contributed by atoms with van der Waals surface area (Å²) in [4.78, 5) is 27.2. The SMILES string of the molecule is CC(=O)c1ccc2c3n(c(=O)nc2c1F)CC1(CC1)N3. The van der Waals surface area contributed by atoms with Gasteiger partial charge in [0.05, 0.1) is 17.6 Å². The Balaban J connectivity index is 2.05. The van der Waals surface area contributed by atoms with E-state index < -0.39 is 11.5 Å². The topological polar surface area (TPSA) is 64.0 Å². The zero-order valence-corrected chi connectivity index (χ0v) is 10.9. The quantitative estimate of drug-likeness (QED) is 0.803. The second-order valence-electron chi connectivity index (χ2n) is 5.61. The molecule has 0 radical (unpaired) electrons. The Hall–Kier alpha value is -2.24. The van der Waals surface area contributed by atoms with E-state index in [1.165, 1.54) is 13.0 Å². The van der Waals surface area contributed by atoms with Gasteiger partial charge in [0.25, 0.3) is 0 Å². The number of hydrogen-bond acceptors (Lipinski definition) is 4. The van der Waals surface area contributed by atoms with E-state index in [4.69, 9.17) is 0 Å². The molecule has 0 amide bonds. The monoisotopic (exact) mass is 273 g/mol. The number of fused-ring (bicyclic) bond motifs is 3. The molecule has 1 aliphatic heterocycles. The average molecular weight is 273 g/mol. The molecular formula is C14H12FN3O2. The van der Waals surface area contributed by atoms with Gasteiger partial charge in [-0.05, 0) is 31.9 Å². The highest BCUT2D eigenvalue weighted by Crippen LogP contribution is 2.46. The Morgan fingerprint density at radius 3 is 2.85 bits per heavy atom. The van der Waals surface area contributed by atoms with Crippen LogP contribution in [0, 0.1) is 5.82 Å². The van der Waals surface area contributed by atoms with Crippen molar-refractivity contribution in [3.05, 3.63) is 34.0 Å². The summed E-state index contributed by atoms with van der Waals surface area (Å²) in [6.07, 6.45) is 2.01. The lowest BCUT2D eigenvalue weighted by atomic mass is 10.1. The molecule has 0 atom stereocenters. The Morgan fingerprint density at radius 1 is 1.45 bits per heavy atom. The van der Waals surface area contributed by atoms with Crippen molar-refractivity contribution in [2.24, 2.45) is 0 Å². The minimum Gasteiger partial charge on any atom is -0.364 e. The molecular weight excluding hydrogens is 261 g/mol. The highest BCUT2D eigenvalue weighted by Gasteiger charge is 2.48. The molecule has 5 nitrogen and oxygen atoms in total. The number of rotatable bonds is 1. The van der Waals surface area contributed by atoms with E-state index in [-0.39, 0.29) is 22.4 Å². The minimum absolute atomic E-state index is 0.0286. The van der Waals surface area contributed by atoms with E-state index >= 15 is 0 Å². The Bertz CT molecular complexity index is 836. The molecule has 2 heterocycles. The van der Waals surface area contributed by atoms with Crippen LogP contribution in [0.4, 0.5) is 10.2 Å². The fourth-order valence-electron chi connectivity index (χ4n) is 2.84. The summed E-state index contributed by atoms with van der Waals surface area (Å²) in [6, 6.07) is 3.11. The number of nitrogens with zero attached hydrogens (tertiary/aromatic N) is 2. The predicted molar refractivity (Wildman–Crippen MR) is 71.6 cm³/mol. The van der Waals surface area contributed by atoms with Crippen molar-refractivity contribution in [2.75, 3.05) is 5.32 Å². The molecule has 1 aromatic heterocycles. The van der Waals surface area contributed by atoms with Gasteiger partial charge in [-0.25, -0.2) is 9.18 Å². The third-order valence-electron chi connectivity index (χ3n) is 4.16. The molecule has 1 saturated carbocycles. The van der Waals surface area contributed by atoms with Crippen LogP contribution in [0.2, 0.25) is 0 Å². The summed E-state index contributed by atoms with van der Waals surface area (Å²) in [6.45, 7) is 1.88. The van der Waals surface area contributed by atoms with Crippen LogP contribution in [-0.2, 0) is 6.54 Å². The maximum Gasteiger partial charge on any atom is 0.349 e. The van der Waals surface area contributed by atoms with Gasteiger partial charge in [-0.3, -0.25) is 9.36 Å². The number of aromatic nitrogens is 2. The lowest BCUT2D eigenvalue weighted by Gasteiger charge is -2.08. The second-order valence-corrected chi connectivity index (χ2v) is 5.61.